The van der Waals surface area contributed by atoms with E-state index in [-0.39, 0.29) is 16.5 Å². The van der Waals surface area contributed by atoms with Gasteiger partial charge in [0, 0.05) is 27.9 Å². The number of nitrogens with zero attached hydrogens (tertiary/aromatic N) is 1. The zero-order valence-corrected chi connectivity index (χ0v) is 16.4. The summed E-state index contributed by atoms with van der Waals surface area (Å²) in [6.07, 6.45) is 0. The molecule has 4 rings (SSSR count). The Hall–Kier alpha value is -3.78. The third-order valence-electron chi connectivity index (χ3n) is 4.45. The van der Waals surface area contributed by atoms with Crippen LogP contribution in [0.25, 0.3) is 21.9 Å². The first kappa shape index (κ1) is 19.5. The Balaban J connectivity index is 1.56. The summed E-state index contributed by atoms with van der Waals surface area (Å²) in [5.41, 5.74) is 1.37. The van der Waals surface area contributed by atoms with Gasteiger partial charge in [-0.2, -0.15) is 0 Å². The van der Waals surface area contributed by atoms with Crippen LogP contribution in [0.3, 0.4) is 0 Å². The van der Waals surface area contributed by atoms with Crippen molar-refractivity contribution in [1.82, 2.24) is 0 Å². The van der Waals surface area contributed by atoms with Gasteiger partial charge in [0.25, 0.3) is 5.91 Å². The van der Waals surface area contributed by atoms with E-state index in [9.17, 15) is 14.9 Å². The Morgan fingerprint density at radius 2 is 1.90 bits per heavy atom. The number of ether oxygens (including phenoxy) is 2. The Kier molecular flexibility index (Phi) is 5.16. The van der Waals surface area contributed by atoms with Crippen molar-refractivity contribution in [2.24, 2.45) is 0 Å². The maximum atomic E-state index is 12.4. The Morgan fingerprint density at radius 1 is 1.10 bits per heavy atom. The first-order chi connectivity index (χ1) is 14.5. The highest BCUT2D eigenvalue weighted by atomic mass is 35.5. The molecule has 9 heteroatoms. The molecular weight excluding hydrogens is 412 g/mol. The van der Waals surface area contributed by atoms with E-state index in [0.29, 0.717) is 17.0 Å². The van der Waals surface area contributed by atoms with E-state index in [1.165, 1.54) is 19.2 Å². The minimum Gasteiger partial charge on any atom is -0.495 e. The molecule has 0 fully saturated rings. The van der Waals surface area contributed by atoms with Gasteiger partial charge in [-0.3, -0.25) is 14.9 Å². The quantitative estimate of drug-likeness (QED) is 0.337. The van der Waals surface area contributed by atoms with Crippen molar-refractivity contribution in [2.45, 2.75) is 0 Å². The number of anilines is 1. The number of halogens is 1. The second-order valence-electron chi connectivity index (χ2n) is 6.35. The number of benzene rings is 3. The summed E-state index contributed by atoms with van der Waals surface area (Å²) in [4.78, 5) is 22.9. The Morgan fingerprint density at radius 3 is 2.67 bits per heavy atom. The van der Waals surface area contributed by atoms with Crippen molar-refractivity contribution in [3.05, 3.63) is 69.7 Å². The summed E-state index contributed by atoms with van der Waals surface area (Å²) in [5.74, 6) is -0.132. The molecule has 0 atom stereocenters. The fourth-order valence-electron chi connectivity index (χ4n) is 3.10. The molecule has 0 spiro atoms. The van der Waals surface area contributed by atoms with E-state index in [0.717, 1.165) is 22.4 Å². The third kappa shape index (κ3) is 3.72. The molecule has 1 amide bonds. The van der Waals surface area contributed by atoms with Gasteiger partial charge >= 0.3 is 5.69 Å². The number of methoxy groups -OCH3 is 1. The summed E-state index contributed by atoms with van der Waals surface area (Å²) in [6, 6.07) is 15.0. The highest BCUT2D eigenvalue weighted by molar-refractivity contribution is 6.30. The van der Waals surface area contributed by atoms with Gasteiger partial charge in [0.05, 0.1) is 17.7 Å². The first-order valence-corrected chi connectivity index (χ1v) is 9.20. The number of carbonyl (C=O) groups excluding carboxylic acids is 1. The van der Waals surface area contributed by atoms with Crippen LogP contribution in [0.2, 0.25) is 5.02 Å². The lowest BCUT2D eigenvalue weighted by atomic mass is 10.1. The molecule has 1 aromatic heterocycles. The van der Waals surface area contributed by atoms with Crippen LogP contribution in [-0.2, 0) is 4.79 Å². The van der Waals surface area contributed by atoms with Crippen LogP contribution in [0.5, 0.6) is 11.5 Å². The molecule has 0 radical (unpaired) electrons. The average Bonchev–Trinajstić information content (AvgIpc) is 3.09. The van der Waals surface area contributed by atoms with Gasteiger partial charge < -0.3 is 19.2 Å². The monoisotopic (exact) mass is 426 g/mol. The summed E-state index contributed by atoms with van der Waals surface area (Å²) in [7, 11) is 1.49. The molecule has 0 aliphatic rings. The standard InChI is InChI=1S/C21H15ClN2O6/c1-28-20-9-14-13-4-2-3-5-17(13)30-19(14)10-15(20)23-21(25)11-29-18-7-6-12(22)8-16(18)24(26)27/h2-10H,11H2,1H3,(H,23,25). The van der Waals surface area contributed by atoms with Crippen LogP contribution in [-0.4, -0.2) is 24.5 Å². The van der Waals surface area contributed by atoms with Crippen LogP contribution < -0.4 is 14.8 Å². The van der Waals surface area contributed by atoms with E-state index in [1.807, 2.05) is 24.3 Å². The molecule has 30 heavy (non-hydrogen) atoms. The molecule has 8 nitrogen and oxygen atoms in total. The van der Waals surface area contributed by atoms with E-state index in [1.54, 1.807) is 12.1 Å². The largest absolute Gasteiger partial charge is 0.495 e. The van der Waals surface area contributed by atoms with Gasteiger partial charge in [-0.1, -0.05) is 29.8 Å². The van der Waals surface area contributed by atoms with E-state index < -0.39 is 17.4 Å². The van der Waals surface area contributed by atoms with E-state index in [2.05, 4.69) is 5.32 Å². The van der Waals surface area contributed by atoms with Crippen molar-refractivity contribution in [2.75, 3.05) is 19.0 Å². The molecule has 0 bridgehead atoms. The fourth-order valence-corrected chi connectivity index (χ4v) is 3.27. The summed E-state index contributed by atoms with van der Waals surface area (Å²) in [6.45, 7) is -0.441. The van der Waals surface area contributed by atoms with Crippen LogP contribution in [0.1, 0.15) is 0 Å². The SMILES string of the molecule is COc1cc2c(cc1NC(=O)COc1ccc(Cl)cc1[N+](=O)[O-])oc1ccccc12. The number of hydrogen-bond donors (Lipinski definition) is 1. The predicted octanol–water partition coefficient (Wildman–Crippen LogP) is 5.17. The number of carbonyl (C=O) groups is 1. The Bertz CT molecular complexity index is 1280. The minimum atomic E-state index is -0.627. The van der Waals surface area contributed by atoms with Crippen molar-refractivity contribution in [3.63, 3.8) is 0 Å². The van der Waals surface area contributed by atoms with Gasteiger partial charge in [-0.05, 0) is 24.3 Å². The number of rotatable bonds is 6. The van der Waals surface area contributed by atoms with Gasteiger partial charge in [0.2, 0.25) is 0 Å². The molecule has 1 N–H and O–H groups in total. The molecule has 152 valence electrons. The number of nitro benzene ring substituents is 1. The molecular formula is C21H15ClN2O6. The summed E-state index contributed by atoms with van der Waals surface area (Å²) >= 11 is 5.78. The number of hydrogen-bond acceptors (Lipinski definition) is 6. The van der Waals surface area contributed by atoms with Crippen molar-refractivity contribution in [1.29, 1.82) is 0 Å². The smallest absolute Gasteiger partial charge is 0.312 e. The van der Waals surface area contributed by atoms with Gasteiger partial charge in [0.1, 0.15) is 16.9 Å². The molecule has 0 aliphatic carbocycles. The van der Waals surface area contributed by atoms with E-state index in [4.69, 9.17) is 25.5 Å². The number of nitrogens with one attached hydrogen (secondary N) is 1. The maximum Gasteiger partial charge on any atom is 0.312 e. The number of para-hydroxylation sites is 1. The second kappa shape index (κ2) is 7.92. The lowest BCUT2D eigenvalue weighted by molar-refractivity contribution is -0.385. The molecule has 1 heterocycles. The number of nitro groups is 1. The molecule has 0 unspecified atom stereocenters. The Labute approximate surface area is 175 Å². The normalized spacial score (nSPS) is 10.9. The van der Waals surface area contributed by atoms with Crippen molar-refractivity contribution >= 4 is 50.8 Å². The predicted molar refractivity (Wildman–Crippen MR) is 113 cm³/mol. The molecule has 0 saturated carbocycles. The first-order valence-electron chi connectivity index (χ1n) is 8.82. The fraction of sp³-hybridized carbons (Fsp3) is 0.0952. The summed E-state index contributed by atoms with van der Waals surface area (Å²) in [5, 5.41) is 15.8. The zero-order valence-electron chi connectivity index (χ0n) is 15.7. The summed E-state index contributed by atoms with van der Waals surface area (Å²) < 4.78 is 16.5. The highest BCUT2D eigenvalue weighted by Gasteiger charge is 2.18. The molecule has 4 aromatic rings. The zero-order chi connectivity index (χ0) is 21.3. The lowest BCUT2D eigenvalue weighted by Gasteiger charge is -2.11. The highest BCUT2D eigenvalue weighted by Crippen LogP contribution is 2.36. The number of amides is 1. The molecule has 0 aliphatic heterocycles. The van der Waals surface area contributed by atoms with Crippen LogP contribution >= 0.6 is 11.6 Å². The molecule has 0 saturated heterocycles. The topological polar surface area (TPSA) is 104 Å². The van der Waals surface area contributed by atoms with Crippen molar-refractivity contribution in [3.8, 4) is 11.5 Å². The lowest BCUT2D eigenvalue weighted by Crippen LogP contribution is -2.20. The van der Waals surface area contributed by atoms with Crippen LogP contribution in [0, 0.1) is 10.1 Å². The van der Waals surface area contributed by atoms with Crippen LogP contribution in [0.15, 0.2) is 59.0 Å². The second-order valence-corrected chi connectivity index (χ2v) is 6.79. The van der Waals surface area contributed by atoms with Gasteiger partial charge in [0.15, 0.2) is 12.4 Å². The van der Waals surface area contributed by atoms with Crippen LogP contribution in [0.4, 0.5) is 11.4 Å². The van der Waals surface area contributed by atoms with E-state index >= 15 is 0 Å². The molecule has 3 aromatic carbocycles. The van der Waals surface area contributed by atoms with Gasteiger partial charge in [-0.25, -0.2) is 0 Å². The number of fused-ring (bicyclic) bond motifs is 3. The maximum absolute atomic E-state index is 12.4. The van der Waals surface area contributed by atoms with Crippen molar-refractivity contribution < 1.29 is 23.6 Å². The van der Waals surface area contributed by atoms with Gasteiger partial charge in [-0.15, -0.1) is 0 Å². The third-order valence-corrected chi connectivity index (χ3v) is 4.68. The average molecular weight is 427 g/mol. The minimum absolute atomic E-state index is 0.0562. The number of furan rings is 1.